The molecule has 8 amide bonds. The van der Waals surface area contributed by atoms with Crippen molar-refractivity contribution in [1.82, 2.24) is 84.3 Å². The SMILES string of the molecule is CCNC(=O)Nc1ncnc2c1ncn2C1OC(CCCc2ccccc2C(=O)O)C2O[C@H](c3ccccc3)OC21.CCNC(=O)Nc1ncnc2c1ncn2C1OC(CN(Cc2c(F)cccc2C(=O)O)C(C)=O)C2O[C@H](/C=C/c3ccccc3)OC21.CCNC(=O)Nc1ncnc2c1ncn2C1OC(CN(Cc2c(F)cccc2C(=O)O)C(C)=O)C2O[C@H](c3ccccc3)OC21. The maximum atomic E-state index is 14.9. The van der Waals surface area contributed by atoms with Crippen LogP contribution in [0.25, 0.3) is 39.6 Å². The second-order valence-corrected chi connectivity index (χ2v) is 31.3. The normalized spacial score (nSPS) is 22.5. The van der Waals surface area contributed by atoms with E-state index in [1.165, 1.54) is 79.5 Å². The lowest BCUT2D eigenvalue weighted by atomic mass is 9.99. The minimum Gasteiger partial charge on any atom is -0.478 e. The van der Waals surface area contributed by atoms with E-state index in [4.69, 9.17) is 42.6 Å². The van der Waals surface area contributed by atoms with Crippen LogP contribution in [0.3, 0.4) is 0 Å². The number of amides is 8. The van der Waals surface area contributed by atoms with Crippen LogP contribution < -0.4 is 31.9 Å². The molecular formula is C91H92F2N20O20. The average Bonchev–Trinajstić information content (AvgIpc) is 1.59. The van der Waals surface area contributed by atoms with Gasteiger partial charge < -0.3 is 83.7 Å². The number of fused-ring (bicyclic) bond motifs is 6. The summed E-state index contributed by atoms with van der Waals surface area (Å²) in [6.07, 6.45) is 4.26. The molecule has 15 atom stereocenters. The molecule has 12 unspecified atom stereocenters. The van der Waals surface area contributed by atoms with Crippen LogP contribution in [-0.2, 0) is 71.7 Å². The molecule has 690 valence electrons. The van der Waals surface area contributed by atoms with Gasteiger partial charge in [-0.1, -0.05) is 127 Å². The predicted octanol–water partition coefficient (Wildman–Crippen LogP) is 10.9. The lowest BCUT2D eigenvalue weighted by Gasteiger charge is -2.28. The first-order valence-electron chi connectivity index (χ1n) is 42.7. The number of anilines is 3. The Hall–Kier alpha value is -14.6. The highest BCUT2D eigenvalue weighted by Gasteiger charge is 2.57. The highest BCUT2D eigenvalue weighted by molar-refractivity contribution is 5.98. The number of ether oxygens (including phenoxy) is 9. The van der Waals surface area contributed by atoms with Gasteiger partial charge in [-0.15, -0.1) is 0 Å². The fourth-order valence-electron chi connectivity index (χ4n) is 16.6. The van der Waals surface area contributed by atoms with Gasteiger partial charge in [0.1, 0.15) is 79.4 Å². The van der Waals surface area contributed by atoms with E-state index in [0.29, 0.717) is 78.0 Å². The summed E-state index contributed by atoms with van der Waals surface area (Å²) in [6, 6.07) is 41.9. The van der Waals surface area contributed by atoms with Crippen LogP contribution in [0.5, 0.6) is 0 Å². The van der Waals surface area contributed by atoms with E-state index in [-0.39, 0.29) is 84.1 Å². The van der Waals surface area contributed by atoms with Crippen LogP contribution in [0.2, 0.25) is 0 Å². The molecule has 0 spiro atoms. The standard InChI is InChI=1S/C32H32FN7O7.C30H30FN7O7.C29H30N6O6/c1-3-34-32(44)38-28-25-29(36-16-35-28)40(17-37-25)30-27-26(46-24(47-27)13-12-19-8-5-4-6-9-19)23(45-30)15-39(18(2)41)14-21-20(31(42)43)10-7-11-22(21)33;1-3-32-30(42)36-25-22-26(34-14-33-25)38(15-35-22)27-24-23(44-29(45-24)17-8-5-4-6-9-17)21(43-27)13-37(16(2)39)12-19-18(28(40)41)10-7-11-20(19)31;1-2-30-29(38)34-24-21-25(32-15-31-24)35(16-33-21)26-23-22(40-28(41-23)18-10-4-3-5-11-18)20(39-26)14-8-12-17-9-6-7-13-19(17)27(36)37/h4-13,16-17,23-24,26-27,30H,3,14-15H2,1-2H3,(H,42,43)(H2,34,35,36,38,44);4-11,14-15,21,23-24,27,29H,3,12-13H2,1-2H3,(H,40,41)(H2,32,33,34,36,42);3-7,9-11,13,15-16,20,22-23,26,28H,2,8,12,14H2,1H3,(H,36,37)(H2,30,31,32,34,38)/b13-12+;;/t23?,24-,26?,27?,30?;21?,23?,24?,27?,29-;20?,22?,23?,26?,28-/m000/s1. The van der Waals surface area contributed by atoms with Crippen LogP contribution in [0, 0.1) is 11.6 Å². The van der Waals surface area contributed by atoms with Gasteiger partial charge in [-0.3, -0.25) is 39.2 Å². The number of urea groups is 3. The summed E-state index contributed by atoms with van der Waals surface area (Å²) in [5, 5.41) is 44.8. The molecule has 6 aromatic carbocycles. The van der Waals surface area contributed by atoms with Gasteiger partial charge in [0, 0.05) is 81.9 Å². The largest absolute Gasteiger partial charge is 0.478 e. The van der Waals surface area contributed by atoms with Gasteiger partial charge in [-0.25, -0.2) is 82.4 Å². The number of carboxylic acid groups (broad SMARTS) is 3. The molecule has 6 fully saturated rings. The summed E-state index contributed by atoms with van der Waals surface area (Å²) < 4.78 is 92.4. The summed E-state index contributed by atoms with van der Waals surface area (Å²) >= 11 is 0. The first kappa shape index (κ1) is 91.7. The molecule has 9 N–H and O–H groups in total. The Morgan fingerprint density at radius 1 is 0.414 bits per heavy atom. The van der Waals surface area contributed by atoms with E-state index < -0.39 is 134 Å². The van der Waals surface area contributed by atoms with Crippen molar-refractivity contribution in [3.8, 4) is 0 Å². The topological polar surface area (TPSA) is 490 Å². The van der Waals surface area contributed by atoms with Crippen LogP contribution in [0.15, 0.2) is 196 Å². The molecule has 6 saturated heterocycles. The van der Waals surface area contributed by atoms with Gasteiger partial charge in [0.2, 0.25) is 11.8 Å². The predicted molar refractivity (Wildman–Crippen MR) is 468 cm³/mol. The first-order chi connectivity index (χ1) is 64.5. The van der Waals surface area contributed by atoms with Crippen molar-refractivity contribution in [2.24, 2.45) is 0 Å². The maximum Gasteiger partial charge on any atom is 0.336 e. The van der Waals surface area contributed by atoms with Crippen LogP contribution >= 0.6 is 0 Å². The van der Waals surface area contributed by atoms with Crippen LogP contribution in [0.4, 0.5) is 40.6 Å². The lowest BCUT2D eigenvalue weighted by Crippen LogP contribution is -2.41. The number of hydrogen-bond donors (Lipinski definition) is 9. The minimum absolute atomic E-state index is 0.0587. The molecule has 0 bridgehead atoms. The molecule has 18 rings (SSSR count). The van der Waals surface area contributed by atoms with Crippen molar-refractivity contribution in [1.29, 1.82) is 0 Å². The van der Waals surface area contributed by atoms with Crippen molar-refractivity contribution >= 4 is 105 Å². The van der Waals surface area contributed by atoms with Crippen molar-refractivity contribution < 1.29 is 105 Å². The third kappa shape index (κ3) is 20.3. The van der Waals surface area contributed by atoms with E-state index in [9.17, 15) is 62.5 Å². The number of nitrogens with zero attached hydrogens (tertiary/aromatic N) is 14. The third-order valence-electron chi connectivity index (χ3n) is 22.8. The van der Waals surface area contributed by atoms with Crippen molar-refractivity contribution in [3.63, 3.8) is 0 Å². The van der Waals surface area contributed by atoms with Gasteiger partial charge in [0.25, 0.3) is 0 Å². The van der Waals surface area contributed by atoms with Crippen LogP contribution in [-0.4, -0.2) is 225 Å². The zero-order valence-electron chi connectivity index (χ0n) is 72.1. The molecule has 0 aliphatic carbocycles. The van der Waals surface area contributed by atoms with Gasteiger partial charge in [0.05, 0.1) is 41.8 Å². The molecular weight excluding hydrogens is 1730 g/mol. The van der Waals surface area contributed by atoms with Crippen molar-refractivity contribution in [3.05, 3.63) is 257 Å². The Bertz CT molecular complexity index is 6280. The molecule has 12 aromatic rings. The first-order valence-corrected chi connectivity index (χ1v) is 42.7. The Labute approximate surface area is 756 Å². The lowest BCUT2D eigenvalue weighted by molar-refractivity contribution is -0.154. The molecule has 0 radical (unpaired) electrons. The van der Waals surface area contributed by atoms with E-state index in [1.54, 1.807) is 52.1 Å². The molecule has 6 aliphatic rings. The Balaban J connectivity index is 0.000000146. The van der Waals surface area contributed by atoms with Crippen LogP contribution in [0.1, 0.15) is 143 Å². The summed E-state index contributed by atoms with van der Waals surface area (Å²) in [5.74, 6) is -5.20. The van der Waals surface area contributed by atoms with Gasteiger partial charge in [-0.05, 0) is 87.6 Å². The summed E-state index contributed by atoms with van der Waals surface area (Å²) in [4.78, 5) is 139. The third-order valence-corrected chi connectivity index (χ3v) is 22.8. The number of hydrogen-bond acceptors (Lipinski definition) is 26. The van der Waals surface area contributed by atoms with Gasteiger partial charge in [-0.2, -0.15) is 0 Å². The second kappa shape index (κ2) is 41.2. The highest BCUT2D eigenvalue weighted by Crippen LogP contribution is 2.49. The highest BCUT2D eigenvalue weighted by atomic mass is 19.1. The molecule has 6 aromatic heterocycles. The molecule has 42 heteroatoms. The Kier molecular flexibility index (Phi) is 28.4. The van der Waals surface area contributed by atoms with Crippen molar-refractivity contribution in [2.45, 2.75) is 159 Å². The number of halogens is 2. The number of carbonyl (C=O) groups is 8. The number of nitrogens with one attached hydrogen (secondary N) is 6. The van der Waals surface area contributed by atoms with Gasteiger partial charge >= 0.3 is 36.0 Å². The number of aryl methyl sites for hydroxylation is 1. The number of rotatable bonds is 28. The number of carboxylic acids is 3. The fourth-order valence-corrected chi connectivity index (χ4v) is 16.6. The number of carbonyl (C=O) groups excluding carboxylic acids is 5. The maximum absolute atomic E-state index is 14.9. The zero-order valence-corrected chi connectivity index (χ0v) is 72.1. The Morgan fingerprint density at radius 2 is 0.774 bits per heavy atom. The summed E-state index contributed by atoms with van der Waals surface area (Å²) in [6.45, 7) is 8.59. The average molecular weight is 1820 g/mol. The molecule has 0 saturated carbocycles. The van der Waals surface area contributed by atoms with E-state index in [1.807, 2.05) is 116 Å². The monoisotopic (exact) mass is 1820 g/mol. The smallest absolute Gasteiger partial charge is 0.336 e. The molecule has 133 heavy (non-hydrogen) atoms. The fraction of sp³-hybridized carbons (Fsp3) is 0.330. The molecule has 12 heterocycles. The van der Waals surface area contributed by atoms with E-state index >= 15 is 0 Å². The quantitative estimate of drug-likeness (QED) is 0.0220. The minimum atomic E-state index is -1.31. The molecule has 40 nitrogen and oxygen atoms in total. The van der Waals surface area contributed by atoms with Gasteiger partial charge in [0.15, 0.2) is 88.5 Å². The summed E-state index contributed by atoms with van der Waals surface area (Å²) in [5.41, 5.74) is 5.21. The number of aromatic carboxylic acids is 3. The molecule has 6 aliphatic heterocycles. The van der Waals surface area contributed by atoms with E-state index in [2.05, 4.69) is 76.8 Å². The summed E-state index contributed by atoms with van der Waals surface area (Å²) in [7, 11) is 0. The van der Waals surface area contributed by atoms with E-state index in [0.717, 1.165) is 34.4 Å². The number of imidazole rings is 3. The second-order valence-electron chi connectivity index (χ2n) is 31.3. The Morgan fingerprint density at radius 3 is 1.19 bits per heavy atom. The zero-order chi connectivity index (χ0) is 93.1. The number of aromatic nitrogens is 12. The van der Waals surface area contributed by atoms with Crippen molar-refractivity contribution in [2.75, 3.05) is 48.7 Å². The number of benzene rings is 6.